The van der Waals surface area contributed by atoms with E-state index in [-0.39, 0.29) is 22.8 Å². The van der Waals surface area contributed by atoms with Crippen LogP contribution in [-0.4, -0.2) is 62.9 Å². The predicted octanol–water partition coefficient (Wildman–Crippen LogP) is 3.04. The van der Waals surface area contributed by atoms with E-state index >= 15 is 0 Å². The van der Waals surface area contributed by atoms with Crippen molar-refractivity contribution in [2.75, 3.05) is 31.0 Å². The van der Waals surface area contributed by atoms with Crippen LogP contribution < -0.4 is 14.8 Å². The van der Waals surface area contributed by atoms with Crippen LogP contribution in [0.2, 0.25) is 0 Å². The Kier molecular flexibility index (Phi) is 6.94. The standard InChI is InChI=1S/C20H19F3N2O7S2/c1-4-32-14-7-10(5-6-13(14)31-2)12(9-34(3,29)30)25-17(26)15-11(8-33-16(15)18(25)27)24-19(28)20(21,22)23/h5-8,12H,4,9H2,1-3H3,(H,24,28)/t12-/m1/s1. The third-order valence-corrected chi connectivity index (χ3v) is 6.68. The number of amides is 3. The molecule has 2 aromatic rings. The number of fused-ring (bicyclic) bond motifs is 1. The topological polar surface area (TPSA) is 119 Å². The molecule has 1 aromatic carbocycles. The van der Waals surface area contributed by atoms with Crippen molar-refractivity contribution < 1.29 is 45.4 Å². The smallest absolute Gasteiger partial charge is 0.471 e. The fraction of sp³-hybridized carbons (Fsp3) is 0.350. The first kappa shape index (κ1) is 25.5. The highest BCUT2D eigenvalue weighted by Gasteiger charge is 2.46. The Morgan fingerprint density at radius 1 is 1.21 bits per heavy atom. The Bertz CT molecular complexity index is 1260. The summed E-state index contributed by atoms with van der Waals surface area (Å²) in [4.78, 5) is 38.1. The first-order valence-electron chi connectivity index (χ1n) is 9.64. The van der Waals surface area contributed by atoms with Gasteiger partial charge < -0.3 is 14.8 Å². The second-order valence-electron chi connectivity index (χ2n) is 7.24. The largest absolute Gasteiger partial charge is 0.493 e. The number of ether oxygens (including phenoxy) is 2. The van der Waals surface area contributed by atoms with Gasteiger partial charge in [0.1, 0.15) is 14.7 Å². The normalized spacial score (nSPS) is 14.7. The molecule has 0 saturated heterocycles. The number of halogens is 3. The number of methoxy groups -OCH3 is 1. The molecule has 0 spiro atoms. The Balaban J connectivity index is 2.06. The van der Waals surface area contributed by atoms with E-state index in [1.165, 1.54) is 25.3 Å². The highest BCUT2D eigenvalue weighted by atomic mass is 32.2. The number of hydrogen-bond donors (Lipinski definition) is 1. The Labute approximate surface area is 196 Å². The molecular formula is C20H19F3N2O7S2. The number of thiophene rings is 1. The van der Waals surface area contributed by atoms with Crippen molar-refractivity contribution in [2.45, 2.75) is 19.1 Å². The minimum Gasteiger partial charge on any atom is -0.493 e. The van der Waals surface area contributed by atoms with Gasteiger partial charge in [0, 0.05) is 11.6 Å². The molecule has 0 aliphatic carbocycles. The molecule has 14 heteroatoms. The Morgan fingerprint density at radius 2 is 1.88 bits per heavy atom. The van der Waals surface area contributed by atoms with Gasteiger partial charge in [-0.1, -0.05) is 6.07 Å². The van der Waals surface area contributed by atoms with E-state index < -0.39 is 56.8 Å². The number of hydrogen-bond acceptors (Lipinski definition) is 8. The van der Waals surface area contributed by atoms with Crippen LogP contribution in [0.15, 0.2) is 23.6 Å². The number of carbonyl (C=O) groups is 3. The third kappa shape index (κ3) is 5.01. The van der Waals surface area contributed by atoms with Gasteiger partial charge in [-0.05, 0) is 24.6 Å². The van der Waals surface area contributed by atoms with E-state index in [0.717, 1.165) is 11.6 Å². The molecule has 1 aliphatic heterocycles. The first-order valence-corrected chi connectivity index (χ1v) is 12.6. The van der Waals surface area contributed by atoms with Gasteiger partial charge >= 0.3 is 12.1 Å². The predicted molar refractivity (Wildman–Crippen MR) is 116 cm³/mol. The molecule has 2 heterocycles. The van der Waals surface area contributed by atoms with Gasteiger partial charge in [0.05, 0.1) is 36.8 Å². The van der Waals surface area contributed by atoms with E-state index in [2.05, 4.69) is 0 Å². The molecule has 0 unspecified atom stereocenters. The van der Waals surface area contributed by atoms with E-state index in [4.69, 9.17) is 9.47 Å². The van der Waals surface area contributed by atoms with Crippen LogP contribution in [0.3, 0.4) is 0 Å². The molecule has 0 bridgehead atoms. The fourth-order valence-corrected chi connectivity index (χ4v) is 5.24. The number of nitrogens with one attached hydrogen (secondary N) is 1. The van der Waals surface area contributed by atoms with Crippen LogP contribution in [0.25, 0.3) is 0 Å². The Hall–Kier alpha value is -3.13. The second kappa shape index (κ2) is 9.25. The molecule has 0 fully saturated rings. The maximum absolute atomic E-state index is 13.2. The fourth-order valence-electron chi connectivity index (χ4n) is 3.39. The van der Waals surface area contributed by atoms with Crippen LogP contribution in [0.5, 0.6) is 11.5 Å². The average molecular weight is 521 g/mol. The second-order valence-corrected chi connectivity index (χ2v) is 10.3. The molecule has 0 radical (unpaired) electrons. The minimum atomic E-state index is -5.21. The van der Waals surface area contributed by atoms with E-state index in [0.29, 0.717) is 22.0 Å². The number of imide groups is 1. The first-order chi connectivity index (χ1) is 15.8. The Morgan fingerprint density at radius 3 is 2.44 bits per heavy atom. The van der Waals surface area contributed by atoms with E-state index in [1.807, 2.05) is 0 Å². The van der Waals surface area contributed by atoms with Crippen molar-refractivity contribution in [3.63, 3.8) is 0 Å². The van der Waals surface area contributed by atoms with Crippen LogP contribution in [0.1, 0.15) is 38.6 Å². The quantitative estimate of drug-likeness (QED) is 0.532. The van der Waals surface area contributed by atoms with Gasteiger partial charge in [-0.15, -0.1) is 11.3 Å². The number of alkyl halides is 3. The molecule has 0 saturated carbocycles. The molecule has 34 heavy (non-hydrogen) atoms. The zero-order valence-corrected chi connectivity index (χ0v) is 19.7. The van der Waals surface area contributed by atoms with Crippen molar-refractivity contribution in [3.05, 3.63) is 39.6 Å². The number of nitrogens with zero attached hydrogens (tertiary/aromatic N) is 1. The molecular weight excluding hydrogens is 501 g/mol. The summed E-state index contributed by atoms with van der Waals surface area (Å²) in [6.07, 6.45) is -4.29. The summed E-state index contributed by atoms with van der Waals surface area (Å²) >= 11 is 0.667. The summed E-state index contributed by atoms with van der Waals surface area (Å²) in [7, 11) is -2.35. The zero-order valence-electron chi connectivity index (χ0n) is 18.1. The van der Waals surface area contributed by atoms with E-state index in [9.17, 15) is 36.0 Å². The van der Waals surface area contributed by atoms with Crippen molar-refractivity contribution >= 4 is 44.6 Å². The number of rotatable bonds is 8. The molecule has 3 amide bonds. The summed E-state index contributed by atoms with van der Waals surface area (Å²) < 4.78 is 73.1. The van der Waals surface area contributed by atoms with Crippen molar-refractivity contribution in [1.82, 2.24) is 4.90 Å². The maximum Gasteiger partial charge on any atom is 0.471 e. The SMILES string of the molecule is CCOc1cc([C@@H](CS(C)(=O)=O)N2C(=O)c3scc(NC(=O)C(F)(F)F)c3C2=O)ccc1OC. The summed E-state index contributed by atoms with van der Waals surface area (Å²) in [5, 5.41) is 2.64. The van der Waals surface area contributed by atoms with E-state index in [1.54, 1.807) is 12.2 Å². The highest BCUT2D eigenvalue weighted by Crippen LogP contribution is 2.41. The number of carbonyl (C=O) groups excluding carboxylic acids is 3. The van der Waals surface area contributed by atoms with Gasteiger partial charge in [0.2, 0.25) is 0 Å². The molecule has 184 valence electrons. The number of anilines is 1. The van der Waals surface area contributed by atoms with Crippen LogP contribution in [-0.2, 0) is 14.6 Å². The van der Waals surface area contributed by atoms with Gasteiger partial charge in [-0.25, -0.2) is 8.42 Å². The minimum absolute atomic E-state index is 0.209. The monoisotopic (exact) mass is 520 g/mol. The lowest BCUT2D eigenvalue weighted by molar-refractivity contribution is -0.167. The van der Waals surface area contributed by atoms with Crippen LogP contribution >= 0.6 is 11.3 Å². The van der Waals surface area contributed by atoms with Gasteiger partial charge in [-0.2, -0.15) is 13.2 Å². The number of benzene rings is 1. The molecule has 1 aromatic heterocycles. The summed E-state index contributed by atoms with van der Waals surface area (Å²) in [6, 6.07) is 3.05. The van der Waals surface area contributed by atoms with Crippen molar-refractivity contribution in [2.24, 2.45) is 0 Å². The van der Waals surface area contributed by atoms with Crippen molar-refractivity contribution in [3.8, 4) is 11.5 Å². The number of sulfone groups is 1. The highest BCUT2D eigenvalue weighted by molar-refractivity contribution is 7.90. The molecule has 9 nitrogen and oxygen atoms in total. The summed E-state index contributed by atoms with van der Waals surface area (Å²) in [5.74, 6) is -4.30. The lowest BCUT2D eigenvalue weighted by atomic mass is 10.1. The van der Waals surface area contributed by atoms with Gasteiger partial charge in [0.25, 0.3) is 11.8 Å². The lowest BCUT2D eigenvalue weighted by Crippen LogP contribution is -2.38. The molecule has 3 rings (SSSR count). The van der Waals surface area contributed by atoms with Crippen molar-refractivity contribution in [1.29, 1.82) is 0 Å². The van der Waals surface area contributed by atoms with Crippen LogP contribution in [0, 0.1) is 0 Å². The zero-order chi connectivity index (χ0) is 25.4. The molecule has 1 aliphatic rings. The lowest BCUT2D eigenvalue weighted by Gasteiger charge is -2.27. The summed E-state index contributed by atoms with van der Waals surface area (Å²) in [6.45, 7) is 1.96. The molecule has 1 N–H and O–H groups in total. The van der Waals surface area contributed by atoms with Gasteiger partial charge in [0.15, 0.2) is 11.5 Å². The van der Waals surface area contributed by atoms with Gasteiger partial charge in [-0.3, -0.25) is 19.3 Å². The average Bonchev–Trinajstić information content (AvgIpc) is 3.25. The van der Waals surface area contributed by atoms with Crippen LogP contribution in [0.4, 0.5) is 18.9 Å². The maximum atomic E-state index is 13.2. The summed E-state index contributed by atoms with van der Waals surface area (Å²) in [5.41, 5.74) is -0.678. The molecule has 1 atom stereocenters. The third-order valence-electron chi connectivity index (χ3n) is 4.79.